The van der Waals surface area contributed by atoms with Crippen LogP contribution in [0.25, 0.3) is 0 Å². The molecule has 0 spiro atoms. The minimum absolute atomic E-state index is 0.626. The summed E-state index contributed by atoms with van der Waals surface area (Å²) in [5.74, 6) is 0. The smallest absolute Gasteiger partial charge is 0.112 e. The van der Waals surface area contributed by atoms with E-state index in [1.54, 1.807) is 12.2 Å². The molecule has 0 heterocycles. The molecule has 0 amide bonds. The van der Waals surface area contributed by atoms with E-state index in [1.165, 1.54) is 0 Å². The predicted octanol–water partition coefficient (Wildman–Crippen LogP) is 0.838. The Hall–Kier alpha value is -0.340. The maximum absolute atomic E-state index is 9.47. The van der Waals surface area contributed by atoms with E-state index in [2.05, 4.69) is 6.92 Å². The van der Waals surface area contributed by atoms with E-state index in [-0.39, 0.29) is 0 Å². The summed E-state index contributed by atoms with van der Waals surface area (Å²) in [7, 11) is 0. The van der Waals surface area contributed by atoms with Gasteiger partial charge in [-0.2, -0.15) is 0 Å². The van der Waals surface area contributed by atoms with Crippen molar-refractivity contribution in [2.45, 2.75) is 37.9 Å². The van der Waals surface area contributed by atoms with Crippen LogP contribution in [0, 0.1) is 0 Å². The maximum Gasteiger partial charge on any atom is 0.112 e. The molecule has 1 aliphatic rings. The standard InChI is InChI=1S/C8H14O2/c1-2-3-5-8(10)6-4-7(8)9/h4,6-7,9-10H,2-3,5H2,1H3. The van der Waals surface area contributed by atoms with Crippen molar-refractivity contribution in [2.75, 3.05) is 0 Å². The van der Waals surface area contributed by atoms with Crippen molar-refractivity contribution in [1.82, 2.24) is 0 Å². The lowest BCUT2D eigenvalue weighted by Crippen LogP contribution is -2.45. The molecule has 2 heteroatoms. The summed E-state index contributed by atoms with van der Waals surface area (Å²) in [6.45, 7) is 2.07. The first-order valence-corrected chi connectivity index (χ1v) is 3.79. The van der Waals surface area contributed by atoms with Crippen molar-refractivity contribution in [2.24, 2.45) is 0 Å². The molecule has 1 rings (SSSR count). The molecule has 0 aromatic heterocycles. The summed E-state index contributed by atoms with van der Waals surface area (Å²) in [6, 6.07) is 0. The van der Waals surface area contributed by atoms with Gasteiger partial charge in [-0.25, -0.2) is 0 Å². The van der Waals surface area contributed by atoms with Gasteiger partial charge in [0.2, 0.25) is 0 Å². The van der Waals surface area contributed by atoms with E-state index < -0.39 is 11.7 Å². The first kappa shape index (κ1) is 7.76. The average Bonchev–Trinajstić information content (AvgIpc) is 1.97. The minimum Gasteiger partial charge on any atom is -0.386 e. The minimum atomic E-state index is -0.893. The number of rotatable bonds is 3. The monoisotopic (exact) mass is 142 g/mol. The largest absolute Gasteiger partial charge is 0.386 e. The summed E-state index contributed by atoms with van der Waals surface area (Å²) in [4.78, 5) is 0. The third-order valence-electron chi connectivity index (χ3n) is 2.01. The van der Waals surface area contributed by atoms with Crippen molar-refractivity contribution in [3.05, 3.63) is 12.2 Å². The number of aliphatic hydroxyl groups is 2. The van der Waals surface area contributed by atoms with Gasteiger partial charge in [-0.05, 0) is 6.42 Å². The van der Waals surface area contributed by atoms with Crippen LogP contribution in [-0.2, 0) is 0 Å². The van der Waals surface area contributed by atoms with E-state index in [1.807, 2.05) is 0 Å². The number of hydrogen-bond donors (Lipinski definition) is 2. The van der Waals surface area contributed by atoms with Gasteiger partial charge in [0, 0.05) is 0 Å². The van der Waals surface area contributed by atoms with Crippen LogP contribution in [0.1, 0.15) is 26.2 Å². The highest BCUT2D eigenvalue weighted by Crippen LogP contribution is 2.28. The van der Waals surface area contributed by atoms with E-state index in [9.17, 15) is 5.11 Å². The lowest BCUT2D eigenvalue weighted by Gasteiger charge is -2.35. The van der Waals surface area contributed by atoms with Crippen LogP contribution in [-0.4, -0.2) is 21.9 Å². The van der Waals surface area contributed by atoms with E-state index in [4.69, 9.17) is 5.11 Å². The lowest BCUT2D eigenvalue weighted by atomic mass is 9.82. The fraction of sp³-hybridized carbons (Fsp3) is 0.750. The van der Waals surface area contributed by atoms with Crippen molar-refractivity contribution < 1.29 is 10.2 Å². The molecule has 2 atom stereocenters. The molecule has 0 aromatic rings. The molecule has 2 N–H and O–H groups in total. The van der Waals surface area contributed by atoms with Gasteiger partial charge in [0.05, 0.1) is 0 Å². The molecule has 58 valence electrons. The van der Waals surface area contributed by atoms with Crippen molar-refractivity contribution >= 4 is 0 Å². The van der Waals surface area contributed by atoms with Gasteiger partial charge in [-0.1, -0.05) is 31.9 Å². The summed E-state index contributed by atoms with van der Waals surface area (Å²) in [5, 5.41) is 18.5. The maximum atomic E-state index is 9.47. The van der Waals surface area contributed by atoms with Gasteiger partial charge in [0.15, 0.2) is 0 Å². The second-order valence-electron chi connectivity index (χ2n) is 2.90. The van der Waals surface area contributed by atoms with E-state index >= 15 is 0 Å². The van der Waals surface area contributed by atoms with Gasteiger partial charge in [-0.3, -0.25) is 0 Å². The fourth-order valence-corrected chi connectivity index (χ4v) is 1.10. The van der Waals surface area contributed by atoms with Gasteiger partial charge in [-0.15, -0.1) is 0 Å². The van der Waals surface area contributed by atoms with Crippen molar-refractivity contribution in [3.63, 3.8) is 0 Å². The Labute approximate surface area is 61.2 Å². The van der Waals surface area contributed by atoms with Gasteiger partial charge < -0.3 is 10.2 Å². The van der Waals surface area contributed by atoms with Crippen LogP contribution in [0.2, 0.25) is 0 Å². The van der Waals surface area contributed by atoms with Crippen LogP contribution in [0.3, 0.4) is 0 Å². The van der Waals surface area contributed by atoms with Crippen molar-refractivity contribution in [1.29, 1.82) is 0 Å². The zero-order chi connectivity index (χ0) is 7.61. The highest BCUT2D eigenvalue weighted by Gasteiger charge is 2.36. The van der Waals surface area contributed by atoms with Crippen LogP contribution in [0.15, 0.2) is 12.2 Å². The molecule has 0 aliphatic heterocycles. The molecule has 0 radical (unpaired) electrons. The second kappa shape index (κ2) is 2.72. The van der Waals surface area contributed by atoms with Crippen LogP contribution in [0.5, 0.6) is 0 Å². The molecule has 0 fully saturated rings. The first-order valence-electron chi connectivity index (χ1n) is 3.79. The Bertz CT molecular complexity index is 142. The SMILES string of the molecule is CCCCC1(O)C=CC1O. The average molecular weight is 142 g/mol. The molecule has 2 unspecified atom stereocenters. The van der Waals surface area contributed by atoms with Crippen LogP contribution >= 0.6 is 0 Å². The molecule has 0 bridgehead atoms. The van der Waals surface area contributed by atoms with Gasteiger partial charge in [0.25, 0.3) is 0 Å². The predicted molar refractivity (Wildman–Crippen MR) is 39.6 cm³/mol. The number of hydrogen-bond acceptors (Lipinski definition) is 2. The number of unbranched alkanes of at least 4 members (excludes halogenated alkanes) is 1. The zero-order valence-electron chi connectivity index (χ0n) is 6.25. The Kier molecular flexibility index (Phi) is 2.11. The van der Waals surface area contributed by atoms with Crippen molar-refractivity contribution in [3.8, 4) is 0 Å². The summed E-state index contributed by atoms with van der Waals surface area (Å²) < 4.78 is 0. The fourth-order valence-electron chi connectivity index (χ4n) is 1.10. The summed E-state index contributed by atoms with van der Waals surface area (Å²) in [6.07, 6.45) is 5.38. The van der Waals surface area contributed by atoms with Crippen LogP contribution < -0.4 is 0 Å². The molecule has 1 aliphatic carbocycles. The molecule has 2 nitrogen and oxygen atoms in total. The highest BCUT2D eigenvalue weighted by atomic mass is 16.3. The molecule has 0 saturated heterocycles. The topological polar surface area (TPSA) is 40.5 Å². The normalized spacial score (nSPS) is 37.7. The molecular weight excluding hydrogens is 128 g/mol. The Morgan fingerprint density at radius 2 is 2.30 bits per heavy atom. The summed E-state index contributed by atoms with van der Waals surface area (Å²) >= 11 is 0. The molecule has 10 heavy (non-hydrogen) atoms. The molecular formula is C8H14O2. The van der Waals surface area contributed by atoms with Gasteiger partial charge in [0.1, 0.15) is 11.7 Å². The number of aliphatic hydroxyl groups excluding tert-OH is 1. The quantitative estimate of drug-likeness (QED) is 0.573. The molecule has 0 saturated carbocycles. The third-order valence-corrected chi connectivity index (χ3v) is 2.01. The van der Waals surface area contributed by atoms with Gasteiger partial charge >= 0.3 is 0 Å². The Morgan fingerprint density at radius 3 is 2.60 bits per heavy atom. The third kappa shape index (κ3) is 1.22. The first-order chi connectivity index (χ1) is 4.69. The second-order valence-corrected chi connectivity index (χ2v) is 2.90. The Balaban J connectivity index is 2.33. The molecule has 0 aromatic carbocycles. The summed E-state index contributed by atoms with van der Waals surface area (Å²) in [5.41, 5.74) is -0.893. The Morgan fingerprint density at radius 1 is 1.60 bits per heavy atom. The highest BCUT2D eigenvalue weighted by molar-refractivity contribution is 5.21. The lowest BCUT2D eigenvalue weighted by molar-refractivity contribution is -0.0421. The zero-order valence-corrected chi connectivity index (χ0v) is 6.25. The van der Waals surface area contributed by atoms with E-state index in [0.29, 0.717) is 6.42 Å². The van der Waals surface area contributed by atoms with Crippen LogP contribution in [0.4, 0.5) is 0 Å². The van der Waals surface area contributed by atoms with E-state index in [0.717, 1.165) is 12.8 Å².